The van der Waals surface area contributed by atoms with E-state index in [1.54, 1.807) is 12.1 Å². The first-order valence-corrected chi connectivity index (χ1v) is 8.68. The third kappa shape index (κ3) is 3.44. The van der Waals surface area contributed by atoms with E-state index in [1.165, 1.54) is 16.6 Å². The summed E-state index contributed by atoms with van der Waals surface area (Å²) in [7, 11) is -3.74. The van der Waals surface area contributed by atoms with Crippen LogP contribution >= 0.6 is 11.6 Å². The van der Waals surface area contributed by atoms with Gasteiger partial charge in [0.1, 0.15) is 11.9 Å². The zero-order valence-electron chi connectivity index (χ0n) is 11.9. The first kappa shape index (κ1) is 16.1. The van der Waals surface area contributed by atoms with Gasteiger partial charge in [0, 0.05) is 18.8 Å². The molecule has 1 aromatic heterocycles. The molecule has 2 heterocycles. The Hall–Kier alpha value is -1.77. The van der Waals surface area contributed by atoms with Crippen LogP contribution in [-0.4, -0.2) is 42.1 Å². The third-order valence-electron chi connectivity index (χ3n) is 3.47. The Morgan fingerprint density at radius 3 is 2.87 bits per heavy atom. The molecule has 2 aromatic rings. The maximum absolute atomic E-state index is 13.2. The molecule has 0 bridgehead atoms. The van der Waals surface area contributed by atoms with Crippen LogP contribution in [0.5, 0.6) is 5.88 Å². The second-order valence-electron chi connectivity index (χ2n) is 5.03. The molecule has 0 radical (unpaired) electrons. The molecule has 3 rings (SSSR count). The molecule has 0 N–H and O–H groups in total. The van der Waals surface area contributed by atoms with Crippen molar-refractivity contribution in [2.24, 2.45) is 0 Å². The summed E-state index contributed by atoms with van der Waals surface area (Å²) in [5.41, 5.74) is 0. The van der Waals surface area contributed by atoms with Crippen LogP contribution in [-0.2, 0) is 10.0 Å². The molecule has 0 spiro atoms. The number of hydrogen-bond acceptors (Lipinski definition) is 5. The van der Waals surface area contributed by atoms with Crippen molar-refractivity contribution in [3.05, 3.63) is 47.4 Å². The Bertz CT molecular complexity index is 804. The Morgan fingerprint density at radius 1 is 1.35 bits per heavy atom. The maximum atomic E-state index is 13.2. The molecule has 1 aliphatic rings. The van der Waals surface area contributed by atoms with E-state index in [-0.39, 0.29) is 22.6 Å². The number of rotatable bonds is 4. The van der Waals surface area contributed by atoms with Gasteiger partial charge in [0.05, 0.1) is 16.5 Å². The normalized spacial score (nSPS) is 19.0. The van der Waals surface area contributed by atoms with Crippen molar-refractivity contribution < 1.29 is 17.5 Å². The Morgan fingerprint density at radius 2 is 2.17 bits per heavy atom. The van der Waals surface area contributed by atoms with Crippen LogP contribution in [0.2, 0.25) is 5.02 Å². The number of halogens is 2. The molecule has 0 aliphatic carbocycles. The van der Waals surface area contributed by atoms with Crippen molar-refractivity contribution in [3.63, 3.8) is 0 Å². The molecule has 1 unspecified atom stereocenters. The lowest BCUT2D eigenvalue weighted by Crippen LogP contribution is -2.31. The quantitative estimate of drug-likeness (QED) is 0.838. The number of benzene rings is 1. The molecular weight excluding hydrogens is 345 g/mol. The van der Waals surface area contributed by atoms with E-state index in [0.717, 1.165) is 12.1 Å². The van der Waals surface area contributed by atoms with Gasteiger partial charge in [-0.1, -0.05) is 11.6 Å². The van der Waals surface area contributed by atoms with E-state index in [4.69, 9.17) is 16.3 Å². The molecule has 1 fully saturated rings. The smallest absolute Gasteiger partial charge is 0.243 e. The second-order valence-corrected chi connectivity index (χ2v) is 7.37. The van der Waals surface area contributed by atoms with Gasteiger partial charge in [0.2, 0.25) is 15.9 Å². The van der Waals surface area contributed by atoms with Crippen LogP contribution in [0.3, 0.4) is 0 Å². The van der Waals surface area contributed by atoms with Crippen molar-refractivity contribution in [3.8, 4) is 5.88 Å². The van der Waals surface area contributed by atoms with Gasteiger partial charge >= 0.3 is 0 Å². The van der Waals surface area contributed by atoms with Crippen LogP contribution < -0.4 is 4.74 Å². The van der Waals surface area contributed by atoms with Gasteiger partial charge in [0.25, 0.3) is 0 Å². The number of sulfonamides is 1. The summed E-state index contributed by atoms with van der Waals surface area (Å²) in [4.78, 5) is -0.0379. The molecule has 1 atom stereocenters. The van der Waals surface area contributed by atoms with E-state index in [2.05, 4.69) is 10.2 Å². The molecule has 9 heteroatoms. The number of hydrogen-bond donors (Lipinski definition) is 0. The summed E-state index contributed by atoms with van der Waals surface area (Å²) >= 11 is 5.66. The first-order valence-electron chi connectivity index (χ1n) is 6.86. The van der Waals surface area contributed by atoms with Crippen LogP contribution in [0.15, 0.2) is 41.4 Å². The minimum Gasteiger partial charge on any atom is -0.472 e. The summed E-state index contributed by atoms with van der Waals surface area (Å²) in [6, 6.07) is 6.70. The van der Waals surface area contributed by atoms with Gasteiger partial charge in [-0.15, -0.1) is 5.10 Å². The van der Waals surface area contributed by atoms with Crippen LogP contribution in [0.1, 0.15) is 6.42 Å². The molecule has 23 heavy (non-hydrogen) atoms. The van der Waals surface area contributed by atoms with Gasteiger partial charge in [-0.2, -0.15) is 9.40 Å². The molecular formula is C14H13ClFN3O3S. The standard InChI is InChI=1S/C14H13ClFN3O3S/c15-12-8-11(3-4-13(12)16)23(20,21)19-7-5-10(9-19)22-14-2-1-6-17-18-14/h1-4,6,8,10H,5,7,9H2. The lowest BCUT2D eigenvalue weighted by molar-refractivity contribution is 0.204. The fourth-order valence-corrected chi connectivity index (χ4v) is 4.08. The third-order valence-corrected chi connectivity index (χ3v) is 5.62. The van der Waals surface area contributed by atoms with Gasteiger partial charge in [-0.05, 0) is 30.7 Å². The van der Waals surface area contributed by atoms with Gasteiger partial charge in [-0.25, -0.2) is 12.8 Å². The number of ether oxygens (including phenoxy) is 1. The molecule has 1 saturated heterocycles. The van der Waals surface area contributed by atoms with Crippen molar-refractivity contribution in [1.82, 2.24) is 14.5 Å². The van der Waals surface area contributed by atoms with E-state index in [1.807, 2.05) is 0 Å². The summed E-state index contributed by atoms with van der Waals surface area (Å²) < 4.78 is 45.2. The zero-order chi connectivity index (χ0) is 16.4. The largest absolute Gasteiger partial charge is 0.472 e. The second kappa shape index (κ2) is 6.38. The molecule has 1 aromatic carbocycles. The topological polar surface area (TPSA) is 72.4 Å². The average Bonchev–Trinajstić information content (AvgIpc) is 3.00. The predicted octanol–water partition coefficient (Wildman–Crippen LogP) is 2.11. The zero-order valence-corrected chi connectivity index (χ0v) is 13.5. The summed E-state index contributed by atoms with van der Waals surface area (Å²) in [6.45, 7) is 0.496. The SMILES string of the molecule is O=S(=O)(c1ccc(F)c(Cl)c1)N1CCC(Oc2cccnn2)C1. The van der Waals surface area contributed by atoms with E-state index < -0.39 is 15.8 Å². The fraction of sp³-hybridized carbons (Fsp3) is 0.286. The Labute approximate surface area is 137 Å². The predicted molar refractivity (Wildman–Crippen MR) is 81.2 cm³/mol. The van der Waals surface area contributed by atoms with Crippen LogP contribution in [0.25, 0.3) is 0 Å². The van der Waals surface area contributed by atoms with Gasteiger partial charge in [-0.3, -0.25) is 0 Å². The molecule has 0 amide bonds. The first-order chi connectivity index (χ1) is 11.0. The Kier molecular flexibility index (Phi) is 4.47. The van der Waals surface area contributed by atoms with Crippen LogP contribution in [0, 0.1) is 5.82 Å². The van der Waals surface area contributed by atoms with Gasteiger partial charge in [0.15, 0.2) is 0 Å². The van der Waals surface area contributed by atoms with Crippen molar-refractivity contribution in [1.29, 1.82) is 0 Å². The van der Waals surface area contributed by atoms with Crippen LogP contribution in [0.4, 0.5) is 4.39 Å². The summed E-state index contributed by atoms with van der Waals surface area (Å²) in [5.74, 6) is -0.308. The highest BCUT2D eigenvalue weighted by atomic mass is 35.5. The highest BCUT2D eigenvalue weighted by molar-refractivity contribution is 7.89. The monoisotopic (exact) mass is 357 g/mol. The maximum Gasteiger partial charge on any atom is 0.243 e. The summed E-state index contributed by atoms with van der Waals surface area (Å²) in [6.07, 6.45) is 1.75. The minimum atomic E-state index is -3.74. The molecule has 6 nitrogen and oxygen atoms in total. The van der Waals surface area contributed by atoms with E-state index >= 15 is 0 Å². The van der Waals surface area contributed by atoms with Crippen molar-refractivity contribution >= 4 is 21.6 Å². The van der Waals surface area contributed by atoms with E-state index in [9.17, 15) is 12.8 Å². The highest BCUT2D eigenvalue weighted by Gasteiger charge is 2.34. The Balaban J connectivity index is 1.73. The summed E-state index contributed by atoms with van der Waals surface area (Å²) in [5, 5.41) is 7.29. The van der Waals surface area contributed by atoms with Crippen molar-refractivity contribution in [2.75, 3.05) is 13.1 Å². The molecule has 1 aliphatic heterocycles. The number of nitrogens with zero attached hydrogens (tertiary/aromatic N) is 3. The van der Waals surface area contributed by atoms with E-state index in [0.29, 0.717) is 18.8 Å². The fourth-order valence-electron chi connectivity index (χ4n) is 2.32. The highest BCUT2D eigenvalue weighted by Crippen LogP contribution is 2.26. The lowest BCUT2D eigenvalue weighted by Gasteiger charge is -2.17. The average molecular weight is 358 g/mol. The van der Waals surface area contributed by atoms with Gasteiger partial charge < -0.3 is 4.74 Å². The minimum absolute atomic E-state index is 0.0379. The molecule has 0 saturated carbocycles. The number of aromatic nitrogens is 2. The lowest BCUT2D eigenvalue weighted by atomic mass is 10.3. The molecule has 122 valence electrons. The van der Waals surface area contributed by atoms with Crippen molar-refractivity contribution in [2.45, 2.75) is 17.4 Å².